The summed E-state index contributed by atoms with van der Waals surface area (Å²) < 4.78 is 0. The molecule has 0 atom stereocenters. The summed E-state index contributed by atoms with van der Waals surface area (Å²) >= 11 is 0. The van der Waals surface area contributed by atoms with Gasteiger partial charge in [-0.25, -0.2) is 0 Å². The Morgan fingerprint density at radius 1 is 1.25 bits per heavy atom. The van der Waals surface area contributed by atoms with E-state index in [0.29, 0.717) is 11.7 Å². The van der Waals surface area contributed by atoms with Gasteiger partial charge in [0.1, 0.15) is 0 Å². The first-order valence-electron chi connectivity index (χ1n) is 4.68. The summed E-state index contributed by atoms with van der Waals surface area (Å²) in [5.41, 5.74) is 0.986. The highest BCUT2D eigenvalue weighted by molar-refractivity contribution is 5.96. The van der Waals surface area contributed by atoms with Gasteiger partial charge in [-0.1, -0.05) is 33.8 Å². The number of rotatable bonds is 4. The number of hydrogen-bond acceptors (Lipinski definition) is 1. The van der Waals surface area contributed by atoms with Crippen LogP contribution in [0.5, 0.6) is 0 Å². The van der Waals surface area contributed by atoms with E-state index in [0.717, 1.165) is 12.0 Å². The van der Waals surface area contributed by atoms with Gasteiger partial charge < -0.3 is 0 Å². The number of allylic oxidation sites excluding steroid dienone is 2. The second kappa shape index (κ2) is 5.13. The molecule has 0 spiro atoms. The average molecular weight is 168 g/mol. The Labute approximate surface area is 75.9 Å². The first kappa shape index (κ1) is 11.4. The lowest BCUT2D eigenvalue weighted by Gasteiger charge is -2.10. The van der Waals surface area contributed by atoms with Crippen LogP contribution in [0.1, 0.15) is 41.0 Å². The zero-order valence-electron chi connectivity index (χ0n) is 8.85. The van der Waals surface area contributed by atoms with Gasteiger partial charge in [-0.3, -0.25) is 4.79 Å². The molecule has 0 aromatic heterocycles. The monoisotopic (exact) mass is 168 g/mol. The van der Waals surface area contributed by atoms with Gasteiger partial charge in [-0.15, -0.1) is 0 Å². The molecule has 0 aromatic rings. The highest BCUT2D eigenvalue weighted by atomic mass is 16.1. The van der Waals surface area contributed by atoms with Crippen LogP contribution in [0, 0.1) is 11.8 Å². The molecule has 0 fully saturated rings. The van der Waals surface area contributed by atoms with E-state index in [1.807, 2.05) is 26.8 Å². The van der Waals surface area contributed by atoms with Crippen molar-refractivity contribution >= 4 is 5.78 Å². The predicted molar refractivity (Wildman–Crippen MR) is 53.1 cm³/mol. The second-order valence-electron chi connectivity index (χ2n) is 3.93. The van der Waals surface area contributed by atoms with Crippen LogP contribution in [-0.2, 0) is 4.79 Å². The van der Waals surface area contributed by atoms with Crippen LogP contribution in [0.25, 0.3) is 0 Å². The minimum atomic E-state index is 0.134. The fraction of sp³-hybridized carbons (Fsp3) is 0.727. The van der Waals surface area contributed by atoms with E-state index in [4.69, 9.17) is 0 Å². The van der Waals surface area contributed by atoms with E-state index in [1.165, 1.54) is 0 Å². The van der Waals surface area contributed by atoms with Gasteiger partial charge >= 0.3 is 0 Å². The first-order valence-corrected chi connectivity index (χ1v) is 4.68. The van der Waals surface area contributed by atoms with Crippen LogP contribution in [0.2, 0.25) is 0 Å². The maximum absolute atomic E-state index is 11.5. The van der Waals surface area contributed by atoms with E-state index in [-0.39, 0.29) is 5.92 Å². The molecule has 0 aliphatic rings. The van der Waals surface area contributed by atoms with Crippen molar-refractivity contribution in [3.05, 3.63) is 11.6 Å². The maximum atomic E-state index is 11.5. The molecule has 0 N–H and O–H groups in total. The summed E-state index contributed by atoms with van der Waals surface area (Å²) in [6, 6.07) is 0. The summed E-state index contributed by atoms with van der Waals surface area (Å²) in [5.74, 6) is 1.00. The third-order valence-electron chi connectivity index (χ3n) is 1.82. The largest absolute Gasteiger partial charge is 0.294 e. The average Bonchev–Trinajstić information content (AvgIpc) is 1.98. The number of Topliss-reactive ketones (excluding diaryl/α,β-unsaturated/α-hetero) is 1. The second-order valence-corrected chi connectivity index (χ2v) is 3.93. The van der Waals surface area contributed by atoms with Gasteiger partial charge in [0.05, 0.1) is 0 Å². The van der Waals surface area contributed by atoms with Gasteiger partial charge in [-0.05, 0) is 24.8 Å². The minimum absolute atomic E-state index is 0.134. The Morgan fingerprint density at radius 2 is 1.75 bits per heavy atom. The number of carbonyl (C=O) groups excluding carboxylic acids is 1. The lowest BCUT2D eigenvalue weighted by atomic mass is 9.94. The van der Waals surface area contributed by atoms with Crippen molar-refractivity contribution in [3.8, 4) is 0 Å². The van der Waals surface area contributed by atoms with Crippen LogP contribution < -0.4 is 0 Å². The van der Waals surface area contributed by atoms with Crippen LogP contribution in [0.3, 0.4) is 0 Å². The number of carbonyl (C=O) groups is 1. The first-order chi connectivity index (χ1) is 5.49. The highest BCUT2D eigenvalue weighted by Crippen LogP contribution is 2.15. The maximum Gasteiger partial charge on any atom is 0.161 e. The van der Waals surface area contributed by atoms with Crippen LogP contribution in [0.4, 0.5) is 0 Å². The zero-order valence-corrected chi connectivity index (χ0v) is 8.85. The molecule has 0 bridgehead atoms. The molecule has 70 valence electrons. The molecule has 0 aliphatic carbocycles. The van der Waals surface area contributed by atoms with Gasteiger partial charge in [0.25, 0.3) is 0 Å². The van der Waals surface area contributed by atoms with Crippen molar-refractivity contribution in [3.63, 3.8) is 0 Å². The van der Waals surface area contributed by atoms with Crippen LogP contribution >= 0.6 is 0 Å². The molecule has 0 heterocycles. The van der Waals surface area contributed by atoms with Crippen molar-refractivity contribution < 1.29 is 4.79 Å². The van der Waals surface area contributed by atoms with Gasteiger partial charge in [0.2, 0.25) is 0 Å². The molecule has 0 saturated carbocycles. The van der Waals surface area contributed by atoms with Crippen molar-refractivity contribution in [2.75, 3.05) is 0 Å². The molecule has 0 aromatic carbocycles. The van der Waals surface area contributed by atoms with Crippen LogP contribution in [-0.4, -0.2) is 5.78 Å². The third kappa shape index (κ3) is 3.70. The Bertz CT molecular complexity index is 175. The summed E-state index contributed by atoms with van der Waals surface area (Å²) in [6.45, 7) is 10.1. The lowest BCUT2D eigenvalue weighted by Crippen LogP contribution is -2.11. The van der Waals surface area contributed by atoms with Crippen molar-refractivity contribution in [2.45, 2.75) is 41.0 Å². The summed E-state index contributed by atoms with van der Waals surface area (Å²) in [6.07, 6.45) is 2.86. The summed E-state index contributed by atoms with van der Waals surface area (Å²) in [7, 11) is 0. The molecule has 1 heteroatoms. The van der Waals surface area contributed by atoms with E-state index in [9.17, 15) is 4.79 Å². The molecule has 0 rings (SSSR count). The molecule has 0 aliphatic heterocycles. The fourth-order valence-corrected chi connectivity index (χ4v) is 1.17. The molecule has 0 saturated heterocycles. The molecular formula is C11H20O. The topological polar surface area (TPSA) is 17.1 Å². The molecule has 1 nitrogen and oxygen atoms in total. The quantitative estimate of drug-likeness (QED) is 0.589. The highest BCUT2D eigenvalue weighted by Gasteiger charge is 2.13. The van der Waals surface area contributed by atoms with Gasteiger partial charge in [-0.2, -0.15) is 0 Å². The Morgan fingerprint density at radius 3 is 2.00 bits per heavy atom. The molecule has 12 heavy (non-hydrogen) atoms. The Balaban J connectivity index is 4.28. The Kier molecular flexibility index (Phi) is 4.87. The molecule has 0 unspecified atom stereocenters. The fourth-order valence-electron chi connectivity index (χ4n) is 1.17. The van der Waals surface area contributed by atoms with Crippen molar-refractivity contribution in [1.29, 1.82) is 0 Å². The smallest absolute Gasteiger partial charge is 0.161 e. The third-order valence-corrected chi connectivity index (χ3v) is 1.82. The number of ketones is 1. The molecule has 0 amide bonds. The van der Waals surface area contributed by atoms with Gasteiger partial charge in [0, 0.05) is 5.92 Å². The van der Waals surface area contributed by atoms with E-state index >= 15 is 0 Å². The molecular weight excluding hydrogens is 148 g/mol. The SMILES string of the molecule is C/C=C(\CC(C)C)C(=O)C(C)C. The molecule has 0 radical (unpaired) electrons. The van der Waals surface area contributed by atoms with Crippen molar-refractivity contribution in [2.24, 2.45) is 11.8 Å². The standard InChI is InChI=1S/C11H20O/c1-6-10(7-8(2)3)11(12)9(4)5/h6,8-9H,7H2,1-5H3/b10-6+. The normalized spacial score (nSPS) is 12.8. The minimum Gasteiger partial charge on any atom is -0.294 e. The lowest BCUT2D eigenvalue weighted by molar-refractivity contribution is -0.118. The van der Waals surface area contributed by atoms with Crippen LogP contribution in [0.15, 0.2) is 11.6 Å². The van der Waals surface area contributed by atoms with Crippen molar-refractivity contribution in [1.82, 2.24) is 0 Å². The Hall–Kier alpha value is -0.590. The van der Waals surface area contributed by atoms with E-state index in [2.05, 4.69) is 13.8 Å². The number of hydrogen-bond donors (Lipinski definition) is 0. The van der Waals surface area contributed by atoms with Gasteiger partial charge in [0.15, 0.2) is 5.78 Å². The summed E-state index contributed by atoms with van der Waals surface area (Å²) in [4.78, 5) is 11.5. The zero-order chi connectivity index (χ0) is 9.72. The van der Waals surface area contributed by atoms with E-state index < -0.39 is 0 Å². The predicted octanol–water partition coefficient (Wildman–Crippen LogP) is 3.20. The van der Waals surface area contributed by atoms with E-state index in [1.54, 1.807) is 0 Å². The summed E-state index contributed by atoms with van der Waals surface area (Å²) in [5, 5.41) is 0.